The van der Waals surface area contributed by atoms with Gasteiger partial charge in [0.05, 0.1) is 11.9 Å². The number of hydrogen-bond acceptors (Lipinski definition) is 5. The Bertz CT molecular complexity index is 1010. The summed E-state index contributed by atoms with van der Waals surface area (Å²) in [5.41, 5.74) is 2.90. The van der Waals surface area contributed by atoms with Gasteiger partial charge >= 0.3 is 0 Å². The molecule has 1 N–H and O–H groups in total. The predicted octanol–water partition coefficient (Wildman–Crippen LogP) is 3.62. The zero-order valence-corrected chi connectivity index (χ0v) is 19.3. The molecule has 2 aromatic carbocycles. The van der Waals surface area contributed by atoms with E-state index in [4.69, 9.17) is 16.3 Å². The van der Waals surface area contributed by atoms with Crippen LogP contribution in [0.2, 0.25) is 5.02 Å². The molecule has 162 valence electrons. The molecule has 1 amide bonds. The largest absolute Gasteiger partial charge is 0.478 e. The topological polar surface area (TPSA) is 75.7 Å². The lowest BCUT2D eigenvalue weighted by molar-refractivity contribution is -0.127. The molecule has 6 nitrogen and oxygen atoms in total. The van der Waals surface area contributed by atoms with Crippen molar-refractivity contribution in [2.75, 3.05) is 29.4 Å². The first-order valence-corrected chi connectivity index (χ1v) is 13.0. The van der Waals surface area contributed by atoms with E-state index in [2.05, 4.69) is 24.4 Å². The minimum absolute atomic E-state index is 0.145. The van der Waals surface area contributed by atoms with Gasteiger partial charge in [-0.15, -0.1) is 0 Å². The standard InChI is InChI=1S/C21H25ClN2O4S2/c1-15-5-3-4-6-16(15)14-29-12-10-23-21(25)20-9-11-24(30(2,26)27)18-13-17(22)7-8-19(18)28-20/h3-8,13,20H,9-12,14H2,1-2H3,(H,23,25)/t20-/m1/s1. The Morgan fingerprint density at radius 2 is 2.07 bits per heavy atom. The first-order valence-electron chi connectivity index (χ1n) is 9.59. The van der Waals surface area contributed by atoms with Crippen LogP contribution in [0, 0.1) is 6.92 Å². The number of rotatable bonds is 7. The van der Waals surface area contributed by atoms with E-state index in [9.17, 15) is 13.2 Å². The fraction of sp³-hybridized carbons (Fsp3) is 0.381. The van der Waals surface area contributed by atoms with E-state index in [0.29, 0.717) is 23.0 Å². The molecule has 0 aliphatic carbocycles. The fourth-order valence-electron chi connectivity index (χ4n) is 3.20. The van der Waals surface area contributed by atoms with Crippen molar-refractivity contribution in [3.8, 4) is 5.75 Å². The molecule has 0 spiro atoms. The number of halogens is 1. The van der Waals surface area contributed by atoms with E-state index in [0.717, 1.165) is 17.8 Å². The molecule has 1 aliphatic rings. The molecule has 1 aliphatic heterocycles. The lowest BCUT2D eigenvalue weighted by Gasteiger charge is -2.21. The summed E-state index contributed by atoms with van der Waals surface area (Å²) in [5, 5.41) is 3.30. The molecular formula is C21H25ClN2O4S2. The van der Waals surface area contributed by atoms with E-state index >= 15 is 0 Å². The Hall–Kier alpha value is -1.90. The van der Waals surface area contributed by atoms with Crippen molar-refractivity contribution in [3.05, 3.63) is 58.6 Å². The number of hydrogen-bond donors (Lipinski definition) is 1. The number of carbonyl (C=O) groups is 1. The van der Waals surface area contributed by atoms with Gasteiger partial charge in [0.25, 0.3) is 5.91 Å². The van der Waals surface area contributed by atoms with Crippen LogP contribution in [0.4, 0.5) is 5.69 Å². The van der Waals surface area contributed by atoms with Crippen LogP contribution in [0.25, 0.3) is 0 Å². The third-order valence-corrected chi connectivity index (χ3v) is 7.23. The highest BCUT2D eigenvalue weighted by atomic mass is 35.5. The van der Waals surface area contributed by atoms with Gasteiger partial charge in [-0.2, -0.15) is 11.8 Å². The van der Waals surface area contributed by atoms with Crippen molar-refractivity contribution < 1.29 is 17.9 Å². The van der Waals surface area contributed by atoms with Crippen molar-refractivity contribution in [2.24, 2.45) is 0 Å². The maximum absolute atomic E-state index is 12.6. The number of benzene rings is 2. The van der Waals surface area contributed by atoms with Crippen LogP contribution in [-0.2, 0) is 20.6 Å². The summed E-state index contributed by atoms with van der Waals surface area (Å²) in [4.78, 5) is 12.6. The van der Waals surface area contributed by atoms with Crippen LogP contribution < -0.4 is 14.4 Å². The van der Waals surface area contributed by atoms with Gasteiger partial charge in [0.1, 0.15) is 5.75 Å². The number of anilines is 1. The number of fused-ring (bicyclic) bond motifs is 1. The Balaban J connectivity index is 1.56. The zero-order valence-electron chi connectivity index (χ0n) is 16.9. The Morgan fingerprint density at radius 3 is 2.80 bits per heavy atom. The van der Waals surface area contributed by atoms with Gasteiger partial charge < -0.3 is 10.1 Å². The molecule has 2 aromatic rings. The number of ether oxygens (including phenoxy) is 1. The number of amides is 1. The molecule has 0 saturated carbocycles. The highest BCUT2D eigenvalue weighted by Crippen LogP contribution is 2.36. The fourth-order valence-corrected chi connectivity index (χ4v) is 5.23. The van der Waals surface area contributed by atoms with Gasteiger partial charge in [0.2, 0.25) is 10.0 Å². The molecule has 0 saturated heterocycles. The summed E-state index contributed by atoms with van der Waals surface area (Å²) in [7, 11) is -3.52. The normalized spacial score (nSPS) is 16.4. The first-order chi connectivity index (χ1) is 14.3. The first kappa shape index (κ1) is 22.8. The average Bonchev–Trinajstić information content (AvgIpc) is 2.88. The van der Waals surface area contributed by atoms with Crippen molar-refractivity contribution in [1.29, 1.82) is 0 Å². The maximum Gasteiger partial charge on any atom is 0.261 e. The SMILES string of the molecule is Cc1ccccc1CSCCNC(=O)[C@H]1CCN(S(C)(=O)=O)c2cc(Cl)ccc2O1. The van der Waals surface area contributed by atoms with Crippen molar-refractivity contribution >= 4 is 45.0 Å². The third kappa shape index (κ3) is 5.83. The lowest BCUT2D eigenvalue weighted by atomic mass is 10.1. The van der Waals surface area contributed by atoms with Crippen molar-refractivity contribution in [1.82, 2.24) is 5.32 Å². The quantitative estimate of drug-likeness (QED) is 0.628. The Labute approximate surface area is 187 Å². The Kier molecular flexibility index (Phi) is 7.55. The van der Waals surface area contributed by atoms with E-state index in [1.807, 2.05) is 12.1 Å². The molecule has 0 bridgehead atoms. The predicted molar refractivity (Wildman–Crippen MR) is 123 cm³/mol. The molecular weight excluding hydrogens is 444 g/mol. The number of nitrogens with zero attached hydrogens (tertiary/aromatic N) is 1. The van der Waals surface area contributed by atoms with Crippen LogP contribution in [0.1, 0.15) is 17.5 Å². The molecule has 3 rings (SSSR count). The highest BCUT2D eigenvalue weighted by molar-refractivity contribution is 7.98. The number of nitrogens with one attached hydrogen (secondary N) is 1. The van der Waals surface area contributed by atoms with Gasteiger partial charge in [0, 0.05) is 36.0 Å². The van der Waals surface area contributed by atoms with Crippen molar-refractivity contribution in [2.45, 2.75) is 25.2 Å². The minimum atomic E-state index is -3.52. The Morgan fingerprint density at radius 1 is 1.30 bits per heavy atom. The van der Waals surface area contributed by atoms with Gasteiger partial charge in [-0.3, -0.25) is 9.10 Å². The van der Waals surface area contributed by atoms with Crippen LogP contribution in [-0.4, -0.2) is 45.5 Å². The second kappa shape index (κ2) is 9.94. The van der Waals surface area contributed by atoms with E-state index < -0.39 is 16.1 Å². The van der Waals surface area contributed by atoms with E-state index in [1.165, 1.54) is 15.4 Å². The van der Waals surface area contributed by atoms with Gasteiger partial charge in [-0.1, -0.05) is 35.9 Å². The van der Waals surface area contributed by atoms with Gasteiger partial charge in [-0.25, -0.2) is 8.42 Å². The van der Waals surface area contributed by atoms with Crippen LogP contribution in [0.3, 0.4) is 0 Å². The van der Waals surface area contributed by atoms with Crippen molar-refractivity contribution in [3.63, 3.8) is 0 Å². The van der Waals surface area contributed by atoms with Gasteiger partial charge in [0.15, 0.2) is 6.10 Å². The lowest BCUT2D eigenvalue weighted by Crippen LogP contribution is -2.40. The van der Waals surface area contributed by atoms with Crippen LogP contribution in [0.5, 0.6) is 5.75 Å². The van der Waals surface area contributed by atoms with Gasteiger partial charge in [-0.05, 0) is 36.2 Å². The highest BCUT2D eigenvalue weighted by Gasteiger charge is 2.31. The summed E-state index contributed by atoms with van der Waals surface area (Å²) in [6.45, 7) is 2.75. The second-order valence-corrected chi connectivity index (χ2v) is 10.6. The molecule has 0 aromatic heterocycles. The summed E-state index contributed by atoms with van der Waals surface area (Å²) in [5.74, 6) is 1.74. The average molecular weight is 469 g/mol. The third-order valence-electron chi connectivity index (χ3n) is 4.81. The number of carbonyl (C=O) groups excluding carboxylic acids is 1. The number of aryl methyl sites for hydroxylation is 1. The molecule has 0 radical (unpaired) electrons. The molecule has 1 heterocycles. The van der Waals surface area contributed by atoms with Crippen LogP contribution >= 0.6 is 23.4 Å². The van der Waals surface area contributed by atoms with E-state index in [-0.39, 0.29) is 18.9 Å². The molecule has 0 fully saturated rings. The monoisotopic (exact) mass is 468 g/mol. The summed E-state index contributed by atoms with van der Waals surface area (Å²) >= 11 is 7.79. The second-order valence-electron chi connectivity index (χ2n) is 7.11. The molecule has 1 atom stereocenters. The smallest absolute Gasteiger partial charge is 0.261 e. The summed E-state index contributed by atoms with van der Waals surface area (Å²) in [6.07, 6.45) is 0.615. The molecule has 0 unspecified atom stereocenters. The number of thioether (sulfide) groups is 1. The van der Waals surface area contributed by atoms with Crippen LogP contribution in [0.15, 0.2) is 42.5 Å². The molecule has 9 heteroatoms. The maximum atomic E-state index is 12.6. The van der Waals surface area contributed by atoms with E-state index in [1.54, 1.807) is 30.0 Å². The number of sulfonamides is 1. The summed E-state index contributed by atoms with van der Waals surface area (Å²) < 4.78 is 31.5. The summed E-state index contributed by atoms with van der Waals surface area (Å²) in [6, 6.07) is 13.0. The molecule has 30 heavy (non-hydrogen) atoms. The minimum Gasteiger partial charge on any atom is -0.478 e. The zero-order chi connectivity index (χ0) is 21.7.